The van der Waals surface area contributed by atoms with E-state index in [4.69, 9.17) is 17.3 Å². The maximum Gasteiger partial charge on any atom is 0.0407 e. The van der Waals surface area contributed by atoms with Crippen LogP contribution in [0.25, 0.3) is 0 Å². The minimum Gasteiger partial charge on any atom is -0.382 e. The van der Waals surface area contributed by atoms with Crippen LogP contribution in [0.1, 0.15) is 12.8 Å². The van der Waals surface area contributed by atoms with Gasteiger partial charge in [0.1, 0.15) is 0 Å². The Bertz CT molecular complexity index is 331. The molecule has 0 aliphatic carbocycles. The quantitative estimate of drug-likeness (QED) is 0.864. The highest BCUT2D eigenvalue weighted by molar-refractivity contribution is 6.30. The third-order valence-electron chi connectivity index (χ3n) is 3.25. The largest absolute Gasteiger partial charge is 0.382 e. The number of piperidine rings is 1. The van der Waals surface area contributed by atoms with Gasteiger partial charge in [-0.05, 0) is 37.1 Å². The zero-order valence-corrected chi connectivity index (χ0v) is 10.8. The lowest BCUT2D eigenvalue weighted by Crippen LogP contribution is -2.41. The van der Waals surface area contributed by atoms with Gasteiger partial charge in [0.25, 0.3) is 0 Å². The average molecular weight is 254 g/mol. The molecule has 1 aliphatic rings. The van der Waals surface area contributed by atoms with E-state index in [2.05, 4.69) is 10.2 Å². The number of hydrogen-bond donors (Lipinski definition) is 2. The van der Waals surface area contributed by atoms with Crippen molar-refractivity contribution in [2.24, 2.45) is 5.73 Å². The van der Waals surface area contributed by atoms with Gasteiger partial charge < -0.3 is 16.0 Å². The van der Waals surface area contributed by atoms with Crippen LogP contribution < -0.4 is 11.1 Å². The zero-order valence-electron chi connectivity index (χ0n) is 10.0. The van der Waals surface area contributed by atoms with Gasteiger partial charge in [-0.1, -0.05) is 11.6 Å². The van der Waals surface area contributed by atoms with Crippen molar-refractivity contribution in [2.75, 3.05) is 31.5 Å². The maximum atomic E-state index is 5.86. The molecule has 94 valence electrons. The highest BCUT2D eigenvalue weighted by Gasteiger charge is 2.17. The molecule has 1 saturated heterocycles. The Morgan fingerprint density at radius 1 is 1.24 bits per heavy atom. The second-order valence-electron chi connectivity index (χ2n) is 4.56. The monoisotopic (exact) mass is 253 g/mol. The number of nitrogens with two attached hydrogens (primary N) is 1. The van der Waals surface area contributed by atoms with Crippen LogP contribution in [-0.2, 0) is 0 Å². The van der Waals surface area contributed by atoms with Gasteiger partial charge in [-0.15, -0.1) is 0 Å². The van der Waals surface area contributed by atoms with Gasteiger partial charge in [-0.2, -0.15) is 0 Å². The lowest BCUT2D eigenvalue weighted by molar-refractivity contribution is 0.224. The Labute approximate surface area is 108 Å². The second-order valence-corrected chi connectivity index (χ2v) is 4.99. The van der Waals surface area contributed by atoms with Gasteiger partial charge in [0, 0.05) is 42.9 Å². The summed E-state index contributed by atoms with van der Waals surface area (Å²) >= 11 is 5.86. The molecule has 2 rings (SSSR count). The third kappa shape index (κ3) is 3.87. The van der Waals surface area contributed by atoms with E-state index in [1.54, 1.807) is 0 Å². The van der Waals surface area contributed by atoms with Gasteiger partial charge in [0.15, 0.2) is 0 Å². The first kappa shape index (κ1) is 12.7. The van der Waals surface area contributed by atoms with Crippen molar-refractivity contribution in [2.45, 2.75) is 18.9 Å². The highest BCUT2D eigenvalue weighted by atomic mass is 35.5. The Morgan fingerprint density at radius 3 is 2.47 bits per heavy atom. The van der Waals surface area contributed by atoms with Crippen molar-refractivity contribution in [3.63, 3.8) is 0 Å². The Morgan fingerprint density at radius 2 is 1.88 bits per heavy atom. The Hall–Kier alpha value is -0.770. The molecule has 0 amide bonds. The van der Waals surface area contributed by atoms with Gasteiger partial charge in [-0.3, -0.25) is 0 Å². The summed E-state index contributed by atoms with van der Waals surface area (Å²) < 4.78 is 0. The summed E-state index contributed by atoms with van der Waals surface area (Å²) in [6, 6.07) is 8.49. The number of nitrogens with zero attached hydrogens (tertiary/aromatic N) is 1. The second kappa shape index (κ2) is 6.24. The SMILES string of the molecule is NCCN1CCC(Nc2ccc(Cl)cc2)CC1. The van der Waals surface area contributed by atoms with Crippen molar-refractivity contribution in [3.8, 4) is 0 Å². The molecule has 0 saturated carbocycles. The van der Waals surface area contributed by atoms with Crippen molar-refractivity contribution < 1.29 is 0 Å². The van der Waals surface area contributed by atoms with E-state index in [-0.39, 0.29) is 0 Å². The number of nitrogens with one attached hydrogen (secondary N) is 1. The van der Waals surface area contributed by atoms with Crippen LogP contribution >= 0.6 is 11.6 Å². The molecule has 0 radical (unpaired) electrons. The number of likely N-dealkylation sites (tertiary alicyclic amines) is 1. The van der Waals surface area contributed by atoms with E-state index in [0.29, 0.717) is 6.04 Å². The van der Waals surface area contributed by atoms with E-state index in [0.717, 1.165) is 36.9 Å². The molecule has 1 aromatic carbocycles. The summed E-state index contributed by atoms with van der Waals surface area (Å²) in [6.07, 6.45) is 2.37. The smallest absolute Gasteiger partial charge is 0.0407 e. The van der Waals surface area contributed by atoms with Crippen molar-refractivity contribution in [3.05, 3.63) is 29.3 Å². The van der Waals surface area contributed by atoms with Gasteiger partial charge >= 0.3 is 0 Å². The fourth-order valence-corrected chi connectivity index (χ4v) is 2.39. The molecule has 17 heavy (non-hydrogen) atoms. The first-order valence-electron chi connectivity index (χ1n) is 6.22. The number of anilines is 1. The lowest BCUT2D eigenvalue weighted by atomic mass is 10.0. The van der Waals surface area contributed by atoms with E-state index in [1.807, 2.05) is 24.3 Å². The summed E-state index contributed by atoms with van der Waals surface area (Å²) in [5, 5.41) is 4.34. The van der Waals surface area contributed by atoms with Crippen LogP contribution in [0.2, 0.25) is 5.02 Å². The normalized spacial score (nSPS) is 18.2. The zero-order chi connectivity index (χ0) is 12.1. The molecule has 0 atom stereocenters. The minimum atomic E-state index is 0.574. The summed E-state index contributed by atoms with van der Waals surface area (Å²) in [5.74, 6) is 0. The molecule has 1 heterocycles. The highest BCUT2D eigenvalue weighted by Crippen LogP contribution is 2.18. The fourth-order valence-electron chi connectivity index (χ4n) is 2.27. The van der Waals surface area contributed by atoms with E-state index in [1.165, 1.54) is 12.8 Å². The number of rotatable bonds is 4. The van der Waals surface area contributed by atoms with Gasteiger partial charge in [0.05, 0.1) is 0 Å². The number of benzene rings is 1. The molecular formula is C13H20ClN3. The molecule has 3 N–H and O–H groups in total. The first-order valence-corrected chi connectivity index (χ1v) is 6.60. The van der Waals surface area contributed by atoms with Crippen molar-refractivity contribution in [1.29, 1.82) is 0 Å². The summed E-state index contributed by atoms with van der Waals surface area (Å²) in [6.45, 7) is 4.06. The summed E-state index contributed by atoms with van der Waals surface area (Å²) in [7, 11) is 0. The summed E-state index contributed by atoms with van der Waals surface area (Å²) in [5.41, 5.74) is 6.72. The average Bonchev–Trinajstić information content (AvgIpc) is 2.35. The van der Waals surface area contributed by atoms with Crippen molar-refractivity contribution in [1.82, 2.24) is 4.90 Å². The number of halogens is 1. The molecule has 1 fully saturated rings. The molecule has 0 unspecified atom stereocenters. The minimum absolute atomic E-state index is 0.574. The van der Waals surface area contributed by atoms with Crippen LogP contribution in [0.15, 0.2) is 24.3 Å². The predicted octanol–water partition coefficient (Wildman–Crippen LogP) is 2.17. The van der Waals surface area contributed by atoms with E-state index in [9.17, 15) is 0 Å². The molecule has 0 bridgehead atoms. The predicted molar refractivity (Wildman–Crippen MR) is 73.6 cm³/mol. The third-order valence-corrected chi connectivity index (χ3v) is 3.50. The Balaban J connectivity index is 1.79. The van der Waals surface area contributed by atoms with Crippen LogP contribution in [0, 0.1) is 0 Å². The van der Waals surface area contributed by atoms with Crippen LogP contribution in [0.4, 0.5) is 5.69 Å². The topological polar surface area (TPSA) is 41.3 Å². The number of hydrogen-bond acceptors (Lipinski definition) is 3. The van der Waals surface area contributed by atoms with Gasteiger partial charge in [-0.25, -0.2) is 0 Å². The fraction of sp³-hybridized carbons (Fsp3) is 0.538. The van der Waals surface area contributed by atoms with Crippen molar-refractivity contribution >= 4 is 17.3 Å². The molecule has 4 heteroatoms. The van der Waals surface area contributed by atoms with E-state index >= 15 is 0 Å². The molecular weight excluding hydrogens is 234 g/mol. The molecule has 3 nitrogen and oxygen atoms in total. The lowest BCUT2D eigenvalue weighted by Gasteiger charge is -2.32. The first-order chi connectivity index (χ1) is 8.28. The standard InChI is InChI=1S/C13H20ClN3/c14-11-1-3-12(4-2-11)16-13-5-8-17(9-6-13)10-7-15/h1-4,13,16H,5-10,15H2. The van der Waals surface area contributed by atoms with E-state index < -0.39 is 0 Å². The molecule has 1 aromatic rings. The Kier molecular flexibility index (Phi) is 4.66. The van der Waals surface area contributed by atoms with Crippen LogP contribution in [0.3, 0.4) is 0 Å². The van der Waals surface area contributed by atoms with Gasteiger partial charge in [0.2, 0.25) is 0 Å². The van der Waals surface area contributed by atoms with Crippen LogP contribution in [0.5, 0.6) is 0 Å². The van der Waals surface area contributed by atoms with Crippen LogP contribution in [-0.4, -0.2) is 37.1 Å². The maximum absolute atomic E-state index is 5.86. The molecule has 0 aromatic heterocycles. The molecule has 1 aliphatic heterocycles. The summed E-state index contributed by atoms with van der Waals surface area (Å²) in [4.78, 5) is 2.43. The molecule has 0 spiro atoms.